The summed E-state index contributed by atoms with van der Waals surface area (Å²) in [5.74, 6) is 0. The van der Waals surface area contributed by atoms with Gasteiger partial charge in [0.05, 0.1) is 12.1 Å². The van der Waals surface area contributed by atoms with Crippen LogP contribution in [0.4, 0.5) is 0 Å². The smallest absolute Gasteiger partial charge is 0.199 e. The lowest BCUT2D eigenvalue weighted by Crippen LogP contribution is -2.36. The highest BCUT2D eigenvalue weighted by Crippen LogP contribution is 2.08. The average molecular weight is 256 g/mol. The first-order valence-corrected chi connectivity index (χ1v) is 6.08. The number of oxime groups is 1. The molecule has 0 saturated heterocycles. The molecule has 19 heavy (non-hydrogen) atoms. The van der Waals surface area contributed by atoms with Gasteiger partial charge < -0.3 is 10.4 Å². The maximum Gasteiger partial charge on any atom is 0.199 e. The van der Waals surface area contributed by atoms with Crippen molar-refractivity contribution in [2.75, 3.05) is 0 Å². The molecule has 0 atom stereocenters. The van der Waals surface area contributed by atoms with Crippen molar-refractivity contribution in [3.8, 4) is 0 Å². The zero-order valence-corrected chi connectivity index (χ0v) is 11.0. The Morgan fingerprint density at radius 1 is 1.16 bits per heavy atom. The summed E-state index contributed by atoms with van der Waals surface area (Å²) in [5, 5.41) is 24.4. The van der Waals surface area contributed by atoms with Crippen molar-refractivity contribution in [2.24, 2.45) is 5.16 Å². The molecule has 1 aromatic carbocycles. The number of aryl methyl sites for hydroxylation is 2. The van der Waals surface area contributed by atoms with Crippen LogP contribution in [0.25, 0.3) is 0 Å². The first-order valence-electron chi connectivity index (χ1n) is 6.08. The molecule has 4 nitrogen and oxygen atoms in total. The number of nitrogens with zero attached hydrogens (tertiary/aromatic N) is 2. The topological polar surface area (TPSA) is 59.5 Å². The van der Waals surface area contributed by atoms with E-state index in [0.29, 0.717) is 23.5 Å². The van der Waals surface area contributed by atoms with Crippen LogP contribution in [0.1, 0.15) is 22.5 Å². The van der Waals surface area contributed by atoms with Gasteiger partial charge in [0.15, 0.2) is 11.4 Å². The number of pyridine rings is 1. The Morgan fingerprint density at radius 2 is 1.84 bits per heavy atom. The molecule has 1 heterocycles. The van der Waals surface area contributed by atoms with Crippen LogP contribution in [0.3, 0.4) is 0 Å². The lowest BCUT2D eigenvalue weighted by molar-refractivity contribution is -0.619. The third kappa shape index (κ3) is 2.91. The summed E-state index contributed by atoms with van der Waals surface area (Å²) < 4.78 is 0.860. The van der Waals surface area contributed by atoms with Gasteiger partial charge in [-0.3, -0.25) is 0 Å². The van der Waals surface area contributed by atoms with Crippen molar-refractivity contribution in [3.05, 3.63) is 70.2 Å². The Bertz CT molecular complexity index is 604. The molecule has 1 N–H and O–H groups in total. The molecule has 0 aliphatic rings. The van der Waals surface area contributed by atoms with Crippen LogP contribution in [0.15, 0.2) is 47.6 Å². The number of aromatic nitrogens is 1. The number of hydrogen-bond donors (Lipinski definition) is 1. The van der Waals surface area contributed by atoms with E-state index in [1.165, 1.54) is 0 Å². The van der Waals surface area contributed by atoms with E-state index in [9.17, 15) is 5.21 Å². The second-order valence-electron chi connectivity index (χ2n) is 4.54. The Morgan fingerprint density at radius 3 is 2.47 bits per heavy atom. The van der Waals surface area contributed by atoms with Gasteiger partial charge in [0.1, 0.15) is 0 Å². The van der Waals surface area contributed by atoms with Crippen LogP contribution >= 0.6 is 0 Å². The highest BCUT2D eigenvalue weighted by Gasteiger charge is 2.13. The zero-order valence-electron chi connectivity index (χ0n) is 11.0. The number of hydrogen-bond acceptors (Lipinski definition) is 3. The summed E-state index contributed by atoms with van der Waals surface area (Å²) >= 11 is 0. The fraction of sp³-hybridized carbons (Fsp3) is 0.200. The maximum absolute atomic E-state index is 11.9. The van der Waals surface area contributed by atoms with Gasteiger partial charge in [-0.05, 0) is 18.6 Å². The SMILES string of the molecule is Cc1ccc(/C(Cc2cccc(C)[n+]2[O-])=N\O)cc1. The first kappa shape index (κ1) is 13.1. The average Bonchev–Trinajstić information content (AvgIpc) is 2.42. The molecular formula is C15H16N2O2. The number of benzene rings is 1. The van der Waals surface area contributed by atoms with Gasteiger partial charge in [-0.25, -0.2) is 0 Å². The predicted molar refractivity (Wildman–Crippen MR) is 73.3 cm³/mol. The van der Waals surface area contributed by atoms with Crippen LogP contribution in [0.2, 0.25) is 0 Å². The molecular weight excluding hydrogens is 240 g/mol. The van der Waals surface area contributed by atoms with E-state index in [2.05, 4.69) is 5.16 Å². The fourth-order valence-electron chi connectivity index (χ4n) is 1.90. The van der Waals surface area contributed by atoms with Gasteiger partial charge in [0.25, 0.3) is 0 Å². The summed E-state index contributed by atoms with van der Waals surface area (Å²) in [6.07, 6.45) is 0.296. The third-order valence-corrected chi connectivity index (χ3v) is 3.06. The zero-order chi connectivity index (χ0) is 13.8. The Labute approximate surface area is 112 Å². The molecule has 0 spiro atoms. The van der Waals surface area contributed by atoms with Gasteiger partial charge in [0.2, 0.25) is 0 Å². The van der Waals surface area contributed by atoms with Crippen molar-refractivity contribution >= 4 is 5.71 Å². The summed E-state index contributed by atoms with van der Waals surface area (Å²) in [5.41, 5.74) is 3.62. The third-order valence-electron chi connectivity index (χ3n) is 3.06. The fourth-order valence-corrected chi connectivity index (χ4v) is 1.90. The van der Waals surface area contributed by atoms with E-state index in [-0.39, 0.29) is 0 Å². The minimum Gasteiger partial charge on any atom is -0.618 e. The van der Waals surface area contributed by atoms with Crippen molar-refractivity contribution in [3.63, 3.8) is 0 Å². The van der Waals surface area contributed by atoms with E-state index in [0.717, 1.165) is 15.9 Å². The second-order valence-corrected chi connectivity index (χ2v) is 4.54. The molecule has 0 aliphatic heterocycles. The Kier molecular flexibility index (Phi) is 3.80. The molecule has 2 rings (SSSR count). The Balaban J connectivity index is 2.30. The minimum atomic E-state index is 0.296. The van der Waals surface area contributed by atoms with Gasteiger partial charge in [-0.2, -0.15) is 4.73 Å². The van der Waals surface area contributed by atoms with Crippen LogP contribution in [0, 0.1) is 19.1 Å². The van der Waals surface area contributed by atoms with Crippen molar-refractivity contribution in [2.45, 2.75) is 20.3 Å². The quantitative estimate of drug-likeness (QED) is 0.301. The summed E-state index contributed by atoms with van der Waals surface area (Å²) in [6.45, 7) is 3.74. The number of rotatable bonds is 3. The van der Waals surface area contributed by atoms with Gasteiger partial charge in [-0.15, -0.1) is 0 Å². The van der Waals surface area contributed by atoms with Crippen LogP contribution in [-0.2, 0) is 6.42 Å². The van der Waals surface area contributed by atoms with Crippen molar-refractivity contribution < 1.29 is 9.94 Å². The van der Waals surface area contributed by atoms with Crippen LogP contribution < -0.4 is 4.73 Å². The van der Waals surface area contributed by atoms with E-state index < -0.39 is 0 Å². The van der Waals surface area contributed by atoms with Gasteiger partial charge in [0, 0.05) is 19.1 Å². The molecule has 0 aliphatic carbocycles. The van der Waals surface area contributed by atoms with Crippen LogP contribution in [-0.4, -0.2) is 10.9 Å². The monoisotopic (exact) mass is 256 g/mol. The predicted octanol–water partition coefficient (Wildman–Crippen LogP) is 2.36. The first-order chi connectivity index (χ1) is 9.11. The summed E-state index contributed by atoms with van der Waals surface area (Å²) in [7, 11) is 0. The summed E-state index contributed by atoms with van der Waals surface area (Å²) in [6, 6.07) is 13.0. The lowest BCUT2D eigenvalue weighted by Gasteiger charge is -2.08. The van der Waals surface area contributed by atoms with Crippen molar-refractivity contribution in [1.29, 1.82) is 0 Å². The van der Waals surface area contributed by atoms with Gasteiger partial charge in [-0.1, -0.05) is 35.0 Å². The highest BCUT2D eigenvalue weighted by atomic mass is 16.5. The molecule has 0 radical (unpaired) electrons. The van der Waals surface area contributed by atoms with E-state index in [1.807, 2.05) is 37.3 Å². The van der Waals surface area contributed by atoms with Crippen LogP contribution in [0.5, 0.6) is 0 Å². The molecule has 2 aromatic rings. The minimum absolute atomic E-state index is 0.296. The van der Waals surface area contributed by atoms with E-state index in [1.54, 1.807) is 19.1 Å². The highest BCUT2D eigenvalue weighted by molar-refractivity contribution is 6.01. The molecule has 4 heteroatoms. The normalized spacial score (nSPS) is 11.6. The lowest BCUT2D eigenvalue weighted by atomic mass is 10.0. The molecule has 0 amide bonds. The van der Waals surface area contributed by atoms with E-state index >= 15 is 0 Å². The maximum atomic E-state index is 11.9. The Hall–Kier alpha value is -2.36. The molecule has 0 unspecified atom stereocenters. The molecule has 0 fully saturated rings. The van der Waals surface area contributed by atoms with Gasteiger partial charge >= 0.3 is 0 Å². The molecule has 0 saturated carbocycles. The van der Waals surface area contributed by atoms with E-state index in [4.69, 9.17) is 5.21 Å². The largest absolute Gasteiger partial charge is 0.618 e. The molecule has 98 valence electrons. The second kappa shape index (κ2) is 5.52. The molecule has 0 bridgehead atoms. The summed E-state index contributed by atoms with van der Waals surface area (Å²) in [4.78, 5) is 0. The standard InChI is InChI=1S/C15H16N2O2/c1-11-6-8-13(9-7-11)15(16-18)10-14-5-3-4-12(2)17(14)19/h3-9,18H,10H2,1-2H3/b16-15-. The molecule has 1 aromatic heterocycles. The van der Waals surface area contributed by atoms with Crippen molar-refractivity contribution in [1.82, 2.24) is 0 Å².